The Labute approximate surface area is 111 Å². The molecule has 2 rings (SSSR count). The number of aliphatic hydroxyl groups is 1. The lowest BCUT2D eigenvalue weighted by atomic mass is 10.1. The van der Waals surface area contributed by atoms with E-state index in [1.54, 1.807) is 11.0 Å². The molecule has 6 nitrogen and oxygen atoms in total. The molecule has 19 heavy (non-hydrogen) atoms. The molecule has 2 atom stereocenters. The minimum absolute atomic E-state index is 0.0623. The van der Waals surface area contributed by atoms with Gasteiger partial charge >= 0.3 is 0 Å². The molecule has 0 aliphatic carbocycles. The zero-order valence-corrected chi connectivity index (χ0v) is 10.6. The van der Waals surface area contributed by atoms with Crippen LogP contribution in [0.15, 0.2) is 18.3 Å². The summed E-state index contributed by atoms with van der Waals surface area (Å²) in [6.07, 6.45) is 1.03. The molecule has 1 N–H and O–H groups in total. The van der Waals surface area contributed by atoms with Crippen LogP contribution in [-0.2, 0) is 4.74 Å². The maximum atomic E-state index is 12.3. The number of carbonyl (C=O) groups excluding carboxylic acids is 1. The van der Waals surface area contributed by atoms with Crippen LogP contribution in [0.25, 0.3) is 0 Å². The van der Waals surface area contributed by atoms with Gasteiger partial charge in [-0.25, -0.2) is 4.98 Å². The van der Waals surface area contributed by atoms with Crippen molar-refractivity contribution in [2.75, 3.05) is 19.8 Å². The van der Waals surface area contributed by atoms with E-state index >= 15 is 0 Å². The third-order valence-electron chi connectivity index (χ3n) is 3.08. The lowest BCUT2D eigenvalue weighted by Gasteiger charge is -2.37. The number of pyridine rings is 1. The Kier molecular flexibility index (Phi) is 4.10. The van der Waals surface area contributed by atoms with Gasteiger partial charge in [-0.15, -0.1) is 0 Å². The van der Waals surface area contributed by atoms with Gasteiger partial charge in [-0.2, -0.15) is 5.26 Å². The molecule has 6 heteroatoms. The number of hydrogen-bond donors (Lipinski definition) is 1. The fourth-order valence-corrected chi connectivity index (χ4v) is 1.94. The number of morpholine rings is 1. The molecule has 2 unspecified atom stereocenters. The van der Waals surface area contributed by atoms with Gasteiger partial charge in [0.25, 0.3) is 5.91 Å². The topological polar surface area (TPSA) is 86.5 Å². The lowest BCUT2D eigenvalue weighted by Crippen LogP contribution is -2.52. The molecule has 0 bridgehead atoms. The van der Waals surface area contributed by atoms with E-state index in [-0.39, 0.29) is 24.7 Å². The zero-order chi connectivity index (χ0) is 13.8. The van der Waals surface area contributed by atoms with Crippen LogP contribution in [-0.4, -0.2) is 52.8 Å². The summed E-state index contributed by atoms with van der Waals surface area (Å²) in [5, 5.41) is 17.8. The molecule has 0 aromatic carbocycles. The quantitative estimate of drug-likeness (QED) is 0.820. The summed E-state index contributed by atoms with van der Waals surface area (Å²) in [6.45, 7) is 2.51. The molecule has 1 aliphatic rings. The monoisotopic (exact) mass is 261 g/mol. The maximum Gasteiger partial charge on any atom is 0.272 e. The molecule has 0 radical (unpaired) electrons. The molecule has 100 valence electrons. The fourth-order valence-electron chi connectivity index (χ4n) is 1.94. The highest BCUT2D eigenvalue weighted by molar-refractivity contribution is 5.92. The molecule has 0 spiro atoms. The van der Waals surface area contributed by atoms with Crippen molar-refractivity contribution < 1.29 is 14.6 Å². The van der Waals surface area contributed by atoms with E-state index in [4.69, 9.17) is 15.1 Å². The van der Waals surface area contributed by atoms with Gasteiger partial charge in [0.2, 0.25) is 0 Å². The zero-order valence-electron chi connectivity index (χ0n) is 10.6. The summed E-state index contributed by atoms with van der Waals surface area (Å²) in [6, 6.07) is 5.00. The van der Waals surface area contributed by atoms with E-state index < -0.39 is 0 Å². The second-order valence-corrected chi connectivity index (χ2v) is 4.49. The van der Waals surface area contributed by atoms with E-state index in [9.17, 15) is 4.79 Å². The SMILES string of the molecule is CC1COC(CO)CN1C(=O)c1ccc(C#N)cn1. The van der Waals surface area contributed by atoms with Crippen LogP contribution < -0.4 is 0 Å². The van der Waals surface area contributed by atoms with E-state index in [0.29, 0.717) is 24.4 Å². The number of rotatable bonds is 2. The second-order valence-electron chi connectivity index (χ2n) is 4.49. The molecule has 1 aromatic rings. The normalized spacial score (nSPS) is 22.9. The first-order valence-corrected chi connectivity index (χ1v) is 6.05. The van der Waals surface area contributed by atoms with Gasteiger partial charge in [0.05, 0.1) is 30.9 Å². The number of nitriles is 1. The highest BCUT2D eigenvalue weighted by atomic mass is 16.5. The Morgan fingerprint density at radius 1 is 1.68 bits per heavy atom. The standard InChI is InChI=1S/C13H15N3O3/c1-9-8-19-11(7-17)6-16(9)13(18)12-3-2-10(4-14)5-15-12/h2-3,5,9,11,17H,6-8H2,1H3. The number of hydrogen-bond acceptors (Lipinski definition) is 5. The molecule has 1 aliphatic heterocycles. The highest BCUT2D eigenvalue weighted by Gasteiger charge is 2.30. The van der Waals surface area contributed by atoms with E-state index in [0.717, 1.165) is 0 Å². The molecule has 1 aromatic heterocycles. The molecule has 0 saturated carbocycles. The van der Waals surface area contributed by atoms with Crippen LogP contribution in [0.4, 0.5) is 0 Å². The second kappa shape index (κ2) is 5.78. The van der Waals surface area contributed by atoms with E-state index in [1.807, 2.05) is 13.0 Å². The Morgan fingerprint density at radius 2 is 2.47 bits per heavy atom. The van der Waals surface area contributed by atoms with Crippen molar-refractivity contribution in [3.05, 3.63) is 29.6 Å². The summed E-state index contributed by atoms with van der Waals surface area (Å²) in [4.78, 5) is 17.9. The van der Waals surface area contributed by atoms with E-state index in [1.165, 1.54) is 12.3 Å². The summed E-state index contributed by atoms with van der Waals surface area (Å²) in [5.41, 5.74) is 0.712. The summed E-state index contributed by atoms with van der Waals surface area (Å²) in [5.74, 6) is -0.210. The molecule has 2 heterocycles. The Balaban J connectivity index is 2.15. The molecule has 1 saturated heterocycles. The Hall–Kier alpha value is -1.97. The molecule has 1 fully saturated rings. The smallest absolute Gasteiger partial charge is 0.272 e. The third-order valence-corrected chi connectivity index (χ3v) is 3.08. The minimum Gasteiger partial charge on any atom is -0.394 e. The number of carbonyl (C=O) groups is 1. The third kappa shape index (κ3) is 2.89. The van der Waals surface area contributed by atoms with Crippen LogP contribution in [0.5, 0.6) is 0 Å². The van der Waals surface area contributed by atoms with Crippen LogP contribution in [0.1, 0.15) is 23.0 Å². The first-order valence-electron chi connectivity index (χ1n) is 6.05. The van der Waals surface area contributed by atoms with Crippen molar-refractivity contribution >= 4 is 5.91 Å². The molecule has 1 amide bonds. The number of ether oxygens (including phenoxy) is 1. The van der Waals surface area contributed by atoms with Crippen molar-refractivity contribution in [2.45, 2.75) is 19.1 Å². The summed E-state index contributed by atoms with van der Waals surface area (Å²) < 4.78 is 5.38. The minimum atomic E-state index is -0.349. The summed E-state index contributed by atoms with van der Waals surface area (Å²) >= 11 is 0. The lowest BCUT2D eigenvalue weighted by molar-refractivity contribution is -0.0668. The average Bonchev–Trinajstić information content (AvgIpc) is 2.47. The largest absolute Gasteiger partial charge is 0.394 e. The van der Waals surface area contributed by atoms with Gasteiger partial charge in [0.1, 0.15) is 11.8 Å². The molecular formula is C13H15N3O3. The van der Waals surface area contributed by atoms with Gasteiger partial charge in [-0.3, -0.25) is 4.79 Å². The average molecular weight is 261 g/mol. The Morgan fingerprint density at radius 3 is 3.05 bits per heavy atom. The first kappa shape index (κ1) is 13.5. The first-order chi connectivity index (χ1) is 9.15. The highest BCUT2D eigenvalue weighted by Crippen LogP contribution is 2.14. The summed E-state index contributed by atoms with van der Waals surface area (Å²) in [7, 11) is 0. The van der Waals surface area contributed by atoms with Crippen molar-refractivity contribution in [3.8, 4) is 6.07 Å². The Bertz CT molecular complexity index is 495. The van der Waals surface area contributed by atoms with E-state index in [2.05, 4.69) is 4.98 Å². The number of aliphatic hydroxyl groups excluding tert-OH is 1. The van der Waals surface area contributed by atoms with Crippen LogP contribution >= 0.6 is 0 Å². The van der Waals surface area contributed by atoms with Gasteiger partial charge in [-0.05, 0) is 19.1 Å². The predicted octanol–water partition coefficient (Wildman–Crippen LogP) is 0.175. The van der Waals surface area contributed by atoms with Gasteiger partial charge in [0, 0.05) is 12.7 Å². The van der Waals surface area contributed by atoms with Crippen molar-refractivity contribution in [1.29, 1.82) is 5.26 Å². The number of aromatic nitrogens is 1. The molecular weight excluding hydrogens is 246 g/mol. The van der Waals surface area contributed by atoms with Crippen LogP contribution in [0.3, 0.4) is 0 Å². The van der Waals surface area contributed by atoms with Crippen molar-refractivity contribution in [2.24, 2.45) is 0 Å². The predicted molar refractivity (Wildman–Crippen MR) is 66.3 cm³/mol. The van der Waals surface area contributed by atoms with Crippen LogP contribution in [0, 0.1) is 11.3 Å². The van der Waals surface area contributed by atoms with Gasteiger partial charge in [-0.1, -0.05) is 0 Å². The van der Waals surface area contributed by atoms with Gasteiger partial charge < -0.3 is 14.7 Å². The maximum absolute atomic E-state index is 12.3. The van der Waals surface area contributed by atoms with Crippen molar-refractivity contribution in [3.63, 3.8) is 0 Å². The van der Waals surface area contributed by atoms with Crippen molar-refractivity contribution in [1.82, 2.24) is 9.88 Å². The number of amides is 1. The van der Waals surface area contributed by atoms with Gasteiger partial charge in [0.15, 0.2) is 0 Å². The number of nitrogens with zero attached hydrogens (tertiary/aromatic N) is 3. The fraction of sp³-hybridized carbons (Fsp3) is 0.462. The van der Waals surface area contributed by atoms with Crippen LogP contribution in [0.2, 0.25) is 0 Å².